The molecular formula is C23H29N5O3. The Hall–Kier alpha value is -3.13. The lowest BCUT2D eigenvalue weighted by atomic mass is 10.1. The van der Waals surface area contributed by atoms with Crippen molar-refractivity contribution in [2.75, 3.05) is 38.2 Å². The minimum Gasteiger partial charge on any atom is -0.481 e. The first kappa shape index (κ1) is 21.1. The first-order valence-corrected chi connectivity index (χ1v) is 10.7. The lowest BCUT2D eigenvalue weighted by Crippen LogP contribution is -2.42. The molecule has 1 atom stereocenters. The SMILES string of the molecule is COc1cc(-c2c[nH]c(=O)c(N(CC3CC3)[C@@H]3CCN(C(=O)/C=C/CN)C3)c2)ccn1. The molecule has 3 heterocycles. The van der Waals surface area contributed by atoms with Crippen molar-refractivity contribution < 1.29 is 9.53 Å². The summed E-state index contributed by atoms with van der Waals surface area (Å²) in [6.45, 7) is 2.46. The molecule has 2 aromatic heterocycles. The van der Waals surface area contributed by atoms with Crippen molar-refractivity contribution in [3.8, 4) is 17.0 Å². The van der Waals surface area contributed by atoms with E-state index in [0.29, 0.717) is 37.1 Å². The van der Waals surface area contributed by atoms with E-state index in [0.717, 1.165) is 24.1 Å². The number of nitrogens with two attached hydrogens (primary N) is 1. The number of nitrogens with zero attached hydrogens (tertiary/aromatic N) is 3. The predicted octanol–water partition coefficient (Wildman–Crippen LogP) is 1.78. The van der Waals surface area contributed by atoms with E-state index in [1.54, 1.807) is 25.6 Å². The smallest absolute Gasteiger partial charge is 0.271 e. The van der Waals surface area contributed by atoms with Crippen LogP contribution in [0.15, 0.2) is 47.5 Å². The Morgan fingerprint density at radius 2 is 2.19 bits per heavy atom. The number of likely N-dealkylation sites (tertiary alicyclic amines) is 1. The van der Waals surface area contributed by atoms with Crippen molar-refractivity contribution in [2.45, 2.75) is 25.3 Å². The molecule has 1 amide bonds. The van der Waals surface area contributed by atoms with E-state index in [1.807, 2.05) is 23.1 Å². The van der Waals surface area contributed by atoms with Crippen LogP contribution in [0.4, 0.5) is 5.69 Å². The quantitative estimate of drug-likeness (QED) is 0.627. The number of hydrogen-bond acceptors (Lipinski definition) is 6. The molecule has 1 aliphatic carbocycles. The molecule has 1 aliphatic heterocycles. The van der Waals surface area contributed by atoms with Crippen molar-refractivity contribution in [3.05, 3.63) is 53.1 Å². The van der Waals surface area contributed by atoms with Crippen molar-refractivity contribution in [3.63, 3.8) is 0 Å². The monoisotopic (exact) mass is 423 g/mol. The topological polar surface area (TPSA) is 105 Å². The van der Waals surface area contributed by atoms with Crippen LogP contribution >= 0.6 is 0 Å². The maximum Gasteiger partial charge on any atom is 0.271 e. The van der Waals surface area contributed by atoms with Gasteiger partial charge in [0.2, 0.25) is 11.8 Å². The first-order valence-electron chi connectivity index (χ1n) is 10.7. The highest BCUT2D eigenvalue weighted by Gasteiger charge is 2.34. The number of anilines is 1. The number of ether oxygens (including phenoxy) is 1. The van der Waals surface area contributed by atoms with Gasteiger partial charge in [0.1, 0.15) is 5.69 Å². The largest absolute Gasteiger partial charge is 0.481 e. The summed E-state index contributed by atoms with van der Waals surface area (Å²) in [7, 11) is 1.58. The van der Waals surface area contributed by atoms with E-state index < -0.39 is 0 Å². The average molecular weight is 424 g/mol. The summed E-state index contributed by atoms with van der Waals surface area (Å²) >= 11 is 0. The number of amides is 1. The number of aromatic amines is 1. The summed E-state index contributed by atoms with van der Waals surface area (Å²) in [5.41, 5.74) is 7.83. The van der Waals surface area contributed by atoms with E-state index in [4.69, 9.17) is 10.5 Å². The van der Waals surface area contributed by atoms with Gasteiger partial charge < -0.3 is 25.3 Å². The van der Waals surface area contributed by atoms with Crippen LogP contribution < -0.4 is 20.9 Å². The highest BCUT2D eigenvalue weighted by molar-refractivity contribution is 5.88. The molecule has 1 saturated carbocycles. The fourth-order valence-corrected chi connectivity index (χ4v) is 4.05. The van der Waals surface area contributed by atoms with Gasteiger partial charge in [0.05, 0.1) is 7.11 Å². The number of H-pyrrole nitrogens is 1. The molecule has 2 fully saturated rings. The Morgan fingerprint density at radius 1 is 1.35 bits per heavy atom. The highest BCUT2D eigenvalue weighted by atomic mass is 16.5. The molecule has 0 bridgehead atoms. The summed E-state index contributed by atoms with van der Waals surface area (Å²) < 4.78 is 5.24. The van der Waals surface area contributed by atoms with Crippen LogP contribution in [-0.2, 0) is 4.79 Å². The van der Waals surface area contributed by atoms with Crippen LogP contribution in [0.1, 0.15) is 19.3 Å². The van der Waals surface area contributed by atoms with Crippen LogP contribution in [0, 0.1) is 5.92 Å². The normalized spacial score (nSPS) is 18.5. The molecule has 2 aromatic rings. The van der Waals surface area contributed by atoms with Gasteiger partial charge in [-0.1, -0.05) is 6.08 Å². The van der Waals surface area contributed by atoms with Crippen LogP contribution in [0.3, 0.4) is 0 Å². The number of carbonyl (C=O) groups excluding carboxylic acids is 1. The van der Waals surface area contributed by atoms with Crippen molar-refractivity contribution in [2.24, 2.45) is 11.7 Å². The zero-order valence-electron chi connectivity index (χ0n) is 17.8. The minimum atomic E-state index is -0.113. The summed E-state index contributed by atoms with van der Waals surface area (Å²) in [6, 6.07) is 5.79. The first-order chi connectivity index (χ1) is 15.1. The van der Waals surface area contributed by atoms with E-state index in [9.17, 15) is 9.59 Å². The van der Waals surface area contributed by atoms with E-state index in [2.05, 4.69) is 14.9 Å². The second-order valence-corrected chi connectivity index (χ2v) is 8.15. The van der Waals surface area contributed by atoms with Gasteiger partial charge in [-0.15, -0.1) is 0 Å². The maximum absolute atomic E-state index is 12.8. The Kier molecular flexibility index (Phi) is 6.36. The number of aromatic nitrogens is 2. The number of pyridine rings is 2. The highest BCUT2D eigenvalue weighted by Crippen LogP contribution is 2.34. The Labute approximate surface area is 181 Å². The molecule has 31 heavy (non-hydrogen) atoms. The second kappa shape index (κ2) is 9.34. The molecule has 164 valence electrons. The molecule has 0 spiro atoms. The molecule has 0 unspecified atom stereocenters. The van der Waals surface area contributed by atoms with Gasteiger partial charge in [0.15, 0.2) is 0 Å². The number of nitrogens with one attached hydrogen (secondary N) is 1. The van der Waals surface area contributed by atoms with Gasteiger partial charge >= 0.3 is 0 Å². The van der Waals surface area contributed by atoms with Crippen LogP contribution in [0.25, 0.3) is 11.1 Å². The van der Waals surface area contributed by atoms with Gasteiger partial charge in [-0.05, 0) is 42.9 Å². The Morgan fingerprint density at radius 3 is 2.94 bits per heavy atom. The summed E-state index contributed by atoms with van der Waals surface area (Å²) in [5.74, 6) is 1.10. The number of methoxy groups -OCH3 is 1. The molecule has 0 radical (unpaired) electrons. The third-order valence-electron chi connectivity index (χ3n) is 5.93. The maximum atomic E-state index is 12.8. The fraction of sp³-hybridized carbons (Fsp3) is 0.435. The third kappa shape index (κ3) is 4.96. The predicted molar refractivity (Wildman–Crippen MR) is 120 cm³/mol. The van der Waals surface area contributed by atoms with Gasteiger partial charge in [-0.2, -0.15) is 0 Å². The van der Waals surface area contributed by atoms with E-state index in [1.165, 1.54) is 18.9 Å². The van der Waals surface area contributed by atoms with Gasteiger partial charge in [0, 0.05) is 62.3 Å². The molecule has 3 N–H and O–H groups in total. The number of rotatable bonds is 8. The zero-order chi connectivity index (χ0) is 21.8. The molecular weight excluding hydrogens is 394 g/mol. The van der Waals surface area contributed by atoms with Gasteiger partial charge in [-0.25, -0.2) is 4.98 Å². The van der Waals surface area contributed by atoms with Crippen LogP contribution in [0.2, 0.25) is 0 Å². The average Bonchev–Trinajstić information content (AvgIpc) is 3.49. The molecule has 0 aromatic carbocycles. The van der Waals surface area contributed by atoms with E-state index >= 15 is 0 Å². The standard InChI is InChI=1S/C23H29N5O3/c1-31-21-12-17(6-9-25-21)18-11-20(23(30)26-13-18)28(14-16-4-5-16)19-7-10-27(15-19)22(29)3-2-8-24/h2-3,6,9,11-13,16,19H,4-5,7-8,10,14-15,24H2,1H3,(H,26,30)/b3-2+/t19-/m1/s1. The second-order valence-electron chi connectivity index (χ2n) is 8.15. The van der Waals surface area contributed by atoms with Crippen molar-refractivity contribution in [1.29, 1.82) is 0 Å². The van der Waals surface area contributed by atoms with Crippen LogP contribution in [-0.4, -0.2) is 60.1 Å². The van der Waals surface area contributed by atoms with Gasteiger partial charge in [-0.3, -0.25) is 9.59 Å². The lowest BCUT2D eigenvalue weighted by molar-refractivity contribution is -0.125. The Balaban J connectivity index is 1.61. The molecule has 8 nitrogen and oxygen atoms in total. The summed E-state index contributed by atoms with van der Waals surface area (Å²) in [4.78, 5) is 36.3. The van der Waals surface area contributed by atoms with Crippen LogP contribution in [0.5, 0.6) is 5.88 Å². The third-order valence-corrected chi connectivity index (χ3v) is 5.93. The molecule has 1 saturated heterocycles. The molecule has 8 heteroatoms. The Bertz CT molecular complexity index is 1010. The fourth-order valence-electron chi connectivity index (χ4n) is 4.05. The van der Waals surface area contributed by atoms with Crippen molar-refractivity contribution >= 4 is 11.6 Å². The minimum absolute atomic E-state index is 0.0223. The van der Waals surface area contributed by atoms with Gasteiger partial charge in [0.25, 0.3) is 5.56 Å². The molecule has 4 rings (SSSR count). The lowest BCUT2D eigenvalue weighted by Gasteiger charge is -2.31. The zero-order valence-corrected chi connectivity index (χ0v) is 17.8. The summed E-state index contributed by atoms with van der Waals surface area (Å²) in [6.07, 6.45) is 9.83. The van der Waals surface area contributed by atoms with Crippen molar-refractivity contribution in [1.82, 2.24) is 14.9 Å². The summed E-state index contributed by atoms with van der Waals surface area (Å²) in [5, 5.41) is 0. The number of carbonyl (C=O) groups is 1. The molecule has 2 aliphatic rings. The van der Waals surface area contributed by atoms with E-state index in [-0.39, 0.29) is 17.5 Å². The number of hydrogen-bond donors (Lipinski definition) is 2.